The number of likely N-dealkylation sites (tertiary alicyclic amines) is 1. The van der Waals surface area contributed by atoms with Gasteiger partial charge in [-0.1, -0.05) is 13.3 Å². The Hall–Kier alpha value is -1.57. The first kappa shape index (κ1) is 15.8. The predicted molar refractivity (Wildman–Crippen MR) is 84.3 cm³/mol. The molecule has 2 rings (SSSR count). The summed E-state index contributed by atoms with van der Waals surface area (Å²) in [5.74, 6) is 0.877. The molecule has 1 atom stereocenters. The molecule has 0 amide bonds. The molecular formula is C17H25N3O. The molecule has 0 aromatic heterocycles. The Kier molecular flexibility index (Phi) is 6.04. The highest BCUT2D eigenvalue weighted by atomic mass is 16.5. The predicted octanol–water partition coefficient (Wildman–Crippen LogP) is 2.53. The lowest BCUT2D eigenvalue weighted by molar-refractivity contribution is 0.136. The van der Waals surface area contributed by atoms with Crippen LogP contribution in [0.3, 0.4) is 0 Å². The standard InChI is InChI=1S/C17H25N3O/c1-3-19-12-16-6-4-5-9-20(16)13-15-10-14(11-18)7-8-17(15)21-2/h7-8,10,16,19H,3-6,9,12-13H2,1-2H3. The lowest BCUT2D eigenvalue weighted by Crippen LogP contribution is -2.45. The van der Waals surface area contributed by atoms with Crippen molar-refractivity contribution >= 4 is 0 Å². The molecule has 0 radical (unpaired) electrons. The Morgan fingerprint density at radius 3 is 3.00 bits per heavy atom. The summed E-state index contributed by atoms with van der Waals surface area (Å²) in [6, 6.07) is 8.46. The van der Waals surface area contributed by atoms with Crippen molar-refractivity contribution in [1.82, 2.24) is 10.2 Å². The Labute approximate surface area is 127 Å². The van der Waals surface area contributed by atoms with E-state index in [2.05, 4.69) is 23.2 Å². The molecule has 0 saturated carbocycles. The minimum Gasteiger partial charge on any atom is -0.496 e. The molecule has 114 valence electrons. The third kappa shape index (κ3) is 4.20. The highest BCUT2D eigenvalue weighted by Crippen LogP contribution is 2.25. The second-order valence-corrected chi connectivity index (χ2v) is 5.57. The van der Waals surface area contributed by atoms with Crippen LogP contribution in [-0.4, -0.2) is 37.7 Å². The molecule has 1 fully saturated rings. The molecule has 1 N–H and O–H groups in total. The molecule has 1 aliphatic rings. The Morgan fingerprint density at radius 2 is 2.29 bits per heavy atom. The maximum atomic E-state index is 9.09. The van der Waals surface area contributed by atoms with Crippen LogP contribution in [0.4, 0.5) is 0 Å². The van der Waals surface area contributed by atoms with Crippen molar-refractivity contribution in [3.8, 4) is 11.8 Å². The molecule has 1 heterocycles. The molecule has 1 aromatic carbocycles. The van der Waals surface area contributed by atoms with E-state index in [0.29, 0.717) is 11.6 Å². The normalized spacial score (nSPS) is 19.2. The number of rotatable bonds is 6. The number of likely N-dealkylation sites (N-methyl/N-ethyl adjacent to an activating group) is 1. The van der Waals surface area contributed by atoms with Gasteiger partial charge in [0, 0.05) is 24.7 Å². The number of nitriles is 1. The van der Waals surface area contributed by atoms with Crippen molar-refractivity contribution < 1.29 is 4.74 Å². The maximum absolute atomic E-state index is 9.09. The van der Waals surface area contributed by atoms with E-state index in [0.717, 1.165) is 37.5 Å². The van der Waals surface area contributed by atoms with Crippen molar-refractivity contribution in [1.29, 1.82) is 5.26 Å². The molecule has 1 unspecified atom stereocenters. The third-order valence-electron chi connectivity index (χ3n) is 4.16. The number of nitrogens with zero attached hydrogens (tertiary/aromatic N) is 2. The monoisotopic (exact) mass is 287 g/mol. The second-order valence-electron chi connectivity index (χ2n) is 5.57. The fraction of sp³-hybridized carbons (Fsp3) is 0.588. The zero-order valence-electron chi connectivity index (χ0n) is 13.1. The van der Waals surface area contributed by atoms with Crippen LogP contribution in [0.5, 0.6) is 5.75 Å². The van der Waals surface area contributed by atoms with Gasteiger partial charge in [-0.05, 0) is 44.1 Å². The fourth-order valence-electron chi connectivity index (χ4n) is 3.00. The summed E-state index contributed by atoms with van der Waals surface area (Å²) in [6.45, 7) is 6.17. The average Bonchev–Trinajstić information content (AvgIpc) is 2.54. The molecular weight excluding hydrogens is 262 g/mol. The molecule has 1 aliphatic heterocycles. The van der Waals surface area contributed by atoms with Crippen LogP contribution in [0.2, 0.25) is 0 Å². The summed E-state index contributed by atoms with van der Waals surface area (Å²) in [4.78, 5) is 2.52. The van der Waals surface area contributed by atoms with Crippen molar-refractivity contribution in [2.24, 2.45) is 0 Å². The molecule has 21 heavy (non-hydrogen) atoms. The smallest absolute Gasteiger partial charge is 0.123 e. The Balaban J connectivity index is 2.12. The number of methoxy groups -OCH3 is 1. The van der Waals surface area contributed by atoms with Gasteiger partial charge in [0.2, 0.25) is 0 Å². The van der Waals surface area contributed by atoms with Crippen LogP contribution >= 0.6 is 0 Å². The summed E-state index contributed by atoms with van der Waals surface area (Å²) < 4.78 is 5.45. The van der Waals surface area contributed by atoms with Gasteiger partial charge in [0.1, 0.15) is 5.75 Å². The van der Waals surface area contributed by atoms with Crippen molar-refractivity contribution in [3.63, 3.8) is 0 Å². The van der Waals surface area contributed by atoms with E-state index in [9.17, 15) is 0 Å². The molecule has 0 bridgehead atoms. The number of piperidine rings is 1. The van der Waals surface area contributed by atoms with Gasteiger partial charge in [-0.2, -0.15) is 5.26 Å². The number of hydrogen-bond donors (Lipinski definition) is 1. The van der Waals surface area contributed by atoms with Crippen molar-refractivity contribution in [3.05, 3.63) is 29.3 Å². The fourth-order valence-corrected chi connectivity index (χ4v) is 3.00. The van der Waals surface area contributed by atoms with Crippen LogP contribution < -0.4 is 10.1 Å². The first-order valence-corrected chi connectivity index (χ1v) is 7.80. The second kappa shape index (κ2) is 8.02. The lowest BCUT2D eigenvalue weighted by atomic mass is 10.0. The maximum Gasteiger partial charge on any atom is 0.123 e. The number of ether oxygens (including phenoxy) is 1. The Bertz CT molecular complexity index is 495. The van der Waals surface area contributed by atoms with E-state index >= 15 is 0 Å². The van der Waals surface area contributed by atoms with Crippen molar-refractivity contribution in [2.75, 3.05) is 26.7 Å². The zero-order valence-corrected chi connectivity index (χ0v) is 13.1. The minimum absolute atomic E-state index is 0.578. The summed E-state index contributed by atoms with van der Waals surface area (Å²) in [5, 5.41) is 12.5. The minimum atomic E-state index is 0.578. The van der Waals surface area contributed by atoms with Crippen LogP contribution in [0.1, 0.15) is 37.3 Å². The van der Waals surface area contributed by atoms with Gasteiger partial charge in [-0.3, -0.25) is 4.90 Å². The first-order chi connectivity index (χ1) is 10.3. The molecule has 4 nitrogen and oxygen atoms in total. The van der Waals surface area contributed by atoms with Crippen LogP contribution in [0.15, 0.2) is 18.2 Å². The van der Waals surface area contributed by atoms with Gasteiger partial charge in [0.15, 0.2) is 0 Å². The van der Waals surface area contributed by atoms with Gasteiger partial charge in [-0.15, -0.1) is 0 Å². The quantitative estimate of drug-likeness (QED) is 0.873. The molecule has 1 aromatic rings. The zero-order chi connectivity index (χ0) is 15.1. The number of nitrogens with one attached hydrogen (secondary N) is 1. The SMILES string of the molecule is CCNCC1CCCCN1Cc1cc(C#N)ccc1OC. The highest BCUT2D eigenvalue weighted by molar-refractivity contribution is 5.42. The van der Waals surface area contributed by atoms with E-state index in [1.807, 2.05) is 18.2 Å². The molecule has 1 saturated heterocycles. The topological polar surface area (TPSA) is 48.3 Å². The summed E-state index contributed by atoms with van der Waals surface area (Å²) in [5.41, 5.74) is 1.81. The summed E-state index contributed by atoms with van der Waals surface area (Å²) in [7, 11) is 1.69. The highest BCUT2D eigenvalue weighted by Gasteiger charge is 2.23. The van der Waals surface area contributed by atoms with Crippen LogP contribution in [-0.2, 0) is 6.54 Å². The van der Waals surface area contributed by atoms with Gasteiger partial charge >= 0.3 is 0 Å². The largest absolute Gasteiger partial charge is 0.496 e. The summed E-state index contributed by atoms with van der Waals surface area (Å²) >= 11 is 0. The van der Waals surface area contributed by atoms with Gasteiger partial charge in [0.05, 0.1) is 18.7 Å². The van der Waals surface area contributed by atoms with Gasteiger partial charge in [-0.25, -0.2) is 0 Å². The lowest BCUT2D eigenvalue weighted by Gasteiger charge is -2.36. The summed E-state index contributed by atoms with van der Waals surface area (Å²) in [6.07, 6.45) is 3.80. The number of hydrogen-bond acceptors (Lipinski definition) is 4. The Morgan fingerprint density at radius 1 is 1.43 bits per heavy atom. The first-order valence-electron chi connectivity index (χ1n) is 7.80. The van der Waals surface area contributed by atoms with E-state index in [4.69, 9.17) is 10.00 Å². The van der Waals surface area contributed by atoms with Crippen LogP contribution in [0.25, 0.3) is 0 Å². The van der Waals surface area contributed by atoms with E-state index in [1.54, 1.807) is 7.11 Å². The molecule has 0 spiro atoms. The van der Waals surface area contributed by atoms with Crippen LogP contribution in [0, 0.1) is 11.3 Å². The molecule has 0 aliphatic carbocycles. The van der Waals surface area contributed by atoms with E-state index < -0.39 is 0 Å². The van der Waals surface area contributed by atoms with Gasteiger partial charge in [0.25, 0.3) is 0 Å². The van der Waals surface area contributed by atoms with Gasteiger partial charge < -0.3 is 10.1 Å². The van der Waals surface area contributed by atoms with Crippen molar-refractivity contribution in [2.45, 2.75) is 38.8 Å². The average molecular weight is 287 g/mol. The third-order valence-corrected chi connectivity index (χ3v) is 4.16. The van der Waals surface area contributed by atoms with E-state index in [1.165, 1.54) is 19.3 Å². The molecule has 4 heteroatoms. The van der Waals surface area contributed by atoms with E-state index in [-0.39, 0.29) is 0 Å². The number of benzene rings is 1.